The second kappa shape index (κ2) is 8.09. The van der Waals surface area contributed by atoms with E-state index in [1.54, 1.807) is 6.07 Å². The van der Waals surface area contributed by atoms with Gasteiger partial charge in [-0.1, -0.05) is 28.1 Å². The second-order valence-electron chi connectivity index (χ2n) is 7.09. The van der Waals surface area contributed by atoms with Gasteiger partial charge in [-0.15, -0.1) is 0 Å². The number of nitrogens with zero attached hydrogens (tertiary/aromatic N) is 1. The van der Waals surface area contributed by atoms with Gasteiger partial charge in [0.15, 0.2) is 9.84 Å². The zero-order chi connectivity index (χ0) is 21.5. The lowest BCUT2D eigenvalue weighted by atomic mass is 10.2. The molecule has 1 amide bonds. The van der Waals surface area contributed by atoms with E-state index >= 15 is 0 Å². The Bertz CT molecular complexity index is 1240. The molecule has 0 saturated carbocycles. The Labute approximate surface area is 179 Å². The number of hydrogen-bond donors (Lipinski definition) is 1. The van der Waals surface area contributed by atoms with E-state index < -0.39 is 33.1 Å². The molecule has 0 unspecified atom stereocenters. The van der Waals surface area contributed by atoms with Crippen LogP contribution in [-0.2, 0) is 25.9 Å². The summed E-state index contributed by atoms with van der Waals surface area (Å²) in [5, 5.41) is 2.33. The van der Waals surface area contributed by atoms with Crippen LogP contribution in [0.4, 0.5) is 8.78 Å². The Balaban J connectivity index is 1.74. The maximum atomic E-state index is 14.6. The number of amides is 1. The Hall–Kier alpha value is -2.30. The first kappa shape index (κ1) is 21.0. The average Bonchev–Trinajstić information content (AvgIpc) is 2.97. The van der Waals surface area contributed by atoms with Crippen LogP contribution in [0.5, 0.6) is 0 Å². The molecule has 1 saturated heterocycles. The van der Waals surface area contributed by atoms with Crippen molar-refractivity contribution in [2.24, 2.45) is 0 Å². The van der Waals surface area contributed by atoms with Gasteiger partial charge in [0.25, 0.3) is 0 Å². The standard InChI is InChI=1S/C20H17BrF2N2O4S/c21-13-3-1-2-12(4-13)7-25-8-18(20-16(23)5-14(22)6-17(20)25)30(27,28)11-19(26)24-15-9-29-10-15/h1-6,8,15H,7,9-11H2,(H,24,26). The topological polar surface area (TPSA) is 77.4 Å². The first-order chi connectivity index (χ1) is 14.2. The average molecular weight is 499 g/mol. The first-order valence-electron chi connectivity index (χ1n) is 9.05. The summed E-state index contributed by atoms with van der Waals surface area (Å²) < 4.78 is 61.6. The maximum Gasteiger partial charge on any atom is 0.235 e. The minimum absolute atomic E-state index is 0.0962. The van der Waals surface area contributed by atoms with Crippen molar-refractivity contribution in [2.45, 2.75) is 17.5 Å². The number of nitrogens with one attached hydrogen (secondary N) is 1. The molecule has 4 rings (SSSR count). The molecule has 10 heteroatoms. The van der Waals surface area contributed by atoms with Crippen molar-refractivity contribution in [3.8, 4) is 0 Å². The summed E-state index contributed by atoms with van der Waals surface area (Å²) in [5.74, 6) is -3.35. The molecule has 158 valence electrons. The molecule has 30 heavy (non-hydrogen) atoms. The van der Waals surface area contributed by atoms with E-state index in [1.165, 1.54) is 10.8 Å². The van der Waals surface area contributed by atoms with Crippen molar-refractivity contribution in [3.63, 3.8) is 0 Å². The number of sulfone groups is 1. The molecule has 6 nitrogen and oxygen atoms in total. The van der Waals surface area contributed by atoms with E-state index in [4.69, 9.17) is 4.74 Å². The normalized spacial score (nSPS) is 14.6. The first-order valence-corrected chi connectivity index (χ1v) is 11.5. The highest BCUT2D eigenvalue weighted by Gasteiger charge is 2.29. The second-order valence-corrected chi connectivity index (χ2v) is 9.97. The zero-order valence-corrected chi connectivity index (χ0v) is 18.0. The van der Waals surface area contributed by atoms with E-state index in [1.807, 2.05) is 18.2 Å². The van der Waals surface area contributed by atoms with Gasteiger partial charge in [-0.05, 0) is 23.8 Å². The largest absolute Gasteiger partial charge is 0.377 e. The van der Waals surface area contributed by atoms with Gasteiger partial charge in [-0.2, -0.15) is 0 Å². The van der Waals surface area contributed by atoms with Crippen LogP contribution in [0.15, 0.2) is 52.0 Å². The molecule has 3 aromatic rings. The fourth-order valence-corrected chi connectivity index (χ4v) is 5.18. The summed E-state index contributed by atoms with van der Waals surface area (Å²) in [4.78, 5) is 11.8. The molecule has 1 aromatic heterocycles. The number of fused-ring (bicyclic) bond motifs is 1. The number of carbonyl (C=O) groups excluding carboxylic acids is 1. The van der Waals surface area contributed by atoms with E-state index in [-0.39, 0.29) is 28.4 Å². The lowest BCUT2D eigenvalue weighted by Gasteiger charge is -2.26. The lowest BCUT2D eigenvalue weighted by molar-refractivity contribution is -0.122. The molecule has 0 bridgehead atoms. The van der Waals surface area contributed by atoms with Crippen molar-refractivity contribution in [1.82, 2.24) is 9.88 Å². The number of benzene rings is 2. The smallest absolute Gasteiger partial charge is 0.235 e. The third kappa shape index (κ3) is 4.26. The summed E-state index contributed by atoms with van der Waals surface area (Å²) in [6.07, 6.45) is 1.25. The molecule has 2 heterocycles. The third-order valence-corrected chi connectivity index (χ3v) is 6.88. The zero-order valence-electron chi connectivity index (χ0n) is 15.6. The van der Waals surface area contributed by atoms with Gasteiger partial charge in [0.1, 0.15) is 17.4 Å². The van der Waals surface area contributed by atoms with Gasteiger partial charge in [0, 0.05) is 23.3 Å². The summed E-state index contributed by atoms with van der Waals surface area (Å²) in [6.45, 7) is 0.844. The molecular formula is C20H17BrF2N2O4S. The quantitative estimate of drug-likeness (QED) is 0.566. The fraction of sp³-hybridized carbons (Fsp3) is 0.250. The molecule has 1 aliphatic rings. The van der Waals surface area contributed by atoms with Crippen LogP contribution in [-0.4, -0.2) is 43.9 Å². The lowest BCUT2D eigenvalue weighted by Crippen LogP contribution is -2.50. The van der Waals surface area contributed by atoms with E-state index in [2.05, 4.69) is 21.2 Å². The molecule has 2 aromatic carbocycles. The maximum absolute atomic E-state index is 14.6. The summed E-state index contributed by atoms with van der Waals surface area (Å²) in [7, 11) is -4.18. The van der Waals surface area contributed by atoms with E-state index in [0.717, 1.165) is 16.1 Å². The van der Waals surface area contributed by atoms with Crippen LogP contribution < -0.4 is 5.32 Å². The highest BCUT2D eigenvalue weighted by molar-refractivity contribution is 9.10. The van der Waals surface area contributed by atoms with Crippen LogP contribution in [0.1, 0.15) is 5.56 Å². The number of aromatic nitrogens is 1. The number of rotatable bonds is 6. The van der Waals surface area contributed by atoms with E-state index in [9.17, 15) is 22.0 Å². The van der Waals surface area contributed by atoms with Gasteiger partial charge in [-0.25, -0.2) is 17.2 Å². The minimum atomic E-state index is -4.18. The van der Waals surface area contributed by atoms with Crippen molar-refractivity contribution in [1.29, 1.82) is 0 Å². The molecule has 1 aliphatic heterocycles. The third-order valence-electron chi connectivity index (χ3n) is 4.76. The van der Waals surface area contributed by atoms with Gasteiger partial charge in [0.2, 0.25) is 5.91 Å². The minimum Gasteiger partial charge on any atom is -0.377 e. The predicted octanol–water partition coefficient (Wildman–Crippen LogP) is 3.02. The highest BCUT2D eigenvalue weighted by atomic mass is 79.9. The predicted molar refractivity (Wildman–Crippen MR) is 110 cm³/mol. The molecule has 1 fully saturated rings. The summed E-state index contributed by atoms with van der Waals surface area (Å²) in [5.41, 5.74) is 0.900. The van der Waals surface area contributed by atoms with Crippen molar-refractivity contribution < 1.29 is 26.7 Å². The van der Waals surface area contributed by atoms with Crippen LogP contribution in [0, 0.1) is 11.6 Å². The van der Waals surface area contributed by atoms with Gasteiger partial charge in [-0.3, -0.25) is 4.79 Å². The summed E-state index contributed by atoms with van der Waals surface area (Å²) >= 11 is 3.36. The van der Waals surface area contributed by atoms with Gasteiger partial charge < -0.3 is 14.6 Å². The Morgan fingerprint density at radius 3 is 2.67 bits per heavy atom. The number of hydrogen-bond acceptors (Lipinski definition) is 4. The molecule has 0 spiro atoms. The van der Waals surface area contributed by atoms with Crippen LogP contribution in [0.2, 0.25) is 0 Å². The molecule has 1 N–H and O–H groups in total. The SMILES string of the molecule is O=C(CS(=O)(=O)c1cn(Cc2cccc(Br)c2)c2cc(F)cc(F)c12)NC1COC1. The summed E-state index contributed by atoms with van der Waals surface area (Å²) in [6, 6.07) is 8.77. The monoisotopic (exact) mass is 498 g/mol. The number of halogens is 3. The Kier molecular flexibility index (Phi) is 5.65. The van der Waals surface area contributed by atoms with Crippen LogP contribution in [0.25, 0.3) is 10.9 Å². The Morgan fingerprint density at radius 2 is 2.00 bits per heavy atom. The van der Waals surface area contributed by atoms with Crippen LogP contribution in [0.3, 0.4) is 0 Å². The fourth-order valence-electron chi connectivity index (χ4n) is 3.34. The Morgan fingerprint density at radius 1 is 1.23 bits per heavy atom. The molecule has 0 radical (unpaired) electrons. The number of carbonyl (C=O) groups is 1. The molecule has 0 aliphatic carbocycles. The highest BCUT2D eigenvalue weighted by Crippen LogP contribution is 2.30. The van der Waals surface area contributed by atoms with Gasteiger partial charge in [0.05, 0.1) is 35.1 Å². The van der Waals surface area contributed by atoms with Gasteiger partial charge >= 0.3 is 0 Å². The van der Waals surface area contributed by atoms with Crippen molar-refractivity contribution in [2.75, 3.05) is 19.0 Å². The number of ether oxygens (including phenoxy) is 1. The van der Waals surface area contributed by atoms with Crippen LogP contribution >= 0.6 is 15.9 Å². The van der Waals surface area contributed by atoms with E-state index in [0.29, 0.717) is 19.3 Å². The molecule has 0 atom stereocenters. The van der Waals surface area contributed by atoms with Crippen molar-refractivity contribution >= 4 is 42.6 Å². The van der Waals surface area contributed by atoms with Crippen molar-refractivity contribution in [3.05, 3.63) is 64.3 Å². The molecular weight excluding hydrogens is 482 g/mol.